The second kappa shape index (κ2) is 8.37. The Bertz CT molecular complexity index is 979. The van der Waals surface area contributed by atoms with Crippen molar-refractivity contribution in [3.8, 4) is 0 Å². The molecule has 1 N–H and O–H groups in total. The van der Waals surface area contributed by atoms with E-state index in [9.17, 15) is 14.7 Å². The minimum atomic E-state index is -0.804. The number of amides is 1. The number of carbonyl (C=O) groups excluding carboxylic acids is 2. The van der Waals surface area contributed by atoms with Gasteiger partial charge in [0, 0.05) is 32.4 Å². The maximum atomic E-state index is 12.9. The summed E-state index contributed by atoms with van der Waals surface area (Å²) in [6.07, 6.45) is 2.95. The molecular weight excluding hydrogens is 388 g/mol. The van der Waals surface area contributed by atoms with Gasteiger partial charge in [0.25, 0.3) is 11.7 Å². The van der Waals surface area contributed by atoms with Crippen LogP contribution in [-0.4, -0.2) is 76.0 Å². The molecule has 0 unspecified atom stereocenters. The number of aliphatic hydroxyl groups is 1. The molecule has 0 aromatic carbocycles. The summed E-state index contributed by atoms with van der Waals surface area (Å²) in [5.41, 5.74) is 0.841. The molecule has 0 radical (unpaired) electrons. The van der Waals surface area contributed by atoms with Gasteiger partial charge in [-0.15, -0.1) is 0 Å². The Balaban J connectivity index is 1.71. The zero-order chi connectivity index (χ0) is 21.3. The fraction of sp³-hybridized carbons (Fsp3) is 0.429. The number of nitrogens with zero attached hydrogens (tertiary/aromatic N) is 4. The summed E-state index contributed by atoms with van der Waals surface area (Å²) < 4.78 is 10.9. The number of aryl methyl sites for hydroxylation is 2. The molecule has 9 nitrogen and oxygen atoms in total. The number of aromatic nitrogens is 2. The van der Waals surface area contributed by atoms with Crippen molar-refractivity contribution in [2.75, 3.05) is 39.4 Å². The average molecular weight is 412 g/mol. The first-order valence-corrected chi connectivity index (χ1v) is 9.90. The van der Waals surface area contributed by atoms with E-state index in [2.05, 4.69) is 14.9 Å². The monoisotopic (exact) mass is 412 g/mol. The standard InChI is InChI=1S/C21H24N4O5/c1-13-15(12-22-14(2)23-13)19(26)17-18(16-4-3-9-30-16)25(21(28)20(17)27)6-5-24-7-10-29-11-8-24/h3-4,9,12,18,26H,5-8,10-11H2,1-2H3/t18-/m1/s1. The first-order chi connectivity index (χ1) is 14.5. The minimum absolute atomic E-state index is 0.00696. The van der Waals surface area contributed by atoms with Gasteiger partial charge in [0.1, 0.15) is 23.4 Å². The normalized spacial score (nSPS) is 22.1. The van der Waals surface area contributed by atoms with Crippen molar-refractivity contribution in [2.45, 2.75) is 19.9 Å². The van der Waals surface area contributed by atoms with Gasteiger partial charge in [-0.05, 0) is 26.0 Å². The molecule has 158 valence electrons. The van der Waals surface area contributed by atoms with E-state index < -0.39 is 17.7 Å². The third-order valence-corrected chi connectivity index (χ3v) is 5.47. The zero-order valence-corrected chi connectivity index (χ0v) is 17.0. The van der Waals surface area contributed by atoms with Crippen LogP contribution >= 0.6 is 0 Å². The highest BCUT2D eigenvalue weighted by molar-refractivity contribution is 6.46. The lowest BCUT2D eigenvalue weighted by Gasteiger charge is -2.30. The van der Waals surface area contributed by atoms with E-state index in [-0.39, 0.29) is 11.3 Å². The number of likely N-dealkylation sites (tertiary alicyclic amines) is 1. The fourth-order valence-electron chi connectivity index (χ4n) is 3.89. The molecule has 4 heterocycles. The first-order valence-electron chi connectivity index (χ1n) is 9.90. The van der Waals surface area contributed by atoms with Crippen LogP contribution in [0.2, 0.25) is 0 Å². The fourth-order valence-corrected chi connectivity index (χ4v) is 3.89. The molecule has 0 saturated carbocycles. The molecule has 2 saturated heterocycles. The van der Waals surface area contributed by atoms with Crippen LogP contribution in [0.15, 0.2) is 34.6 Å². The minimum Gasteiger partial charge on any atom is -0.507 e. The van der Waals surface area contributed by atoms with Crippen LogP contribution in [0.4, 0.5) is 0 Å². The van der Waals surface area contributed by atoms with Gasteiger partial charge in [-0.25, -0.2) is 9.97 Å². The second-order valence-corrected chi connectivity index (χ2v) is 7.38. The number of hydrogen-bond acceptors (Lipinski definition) is 8. The van der Waals surface area contributed by atoms with Gasteiger partial charge in [0.2, 0.25) is 0 Å². The summed E-state index contributed by atoms with van der Waals surface area (Å²) in [6.45, 7) is 7.23. The number of ether oxygens (including phenoxy) is 1. The van der Waals surface area contributed by atoms with E-state index in [0.29, 0.717) is 49.1 Å². The maximum absolute atomic E-state index is 12.9. The smallest absolute Gasteiger partial charge is 0.295 e. The molecule has 0 aliphatic carbocycles. The van der Waals surface area contributed by atoms with Crippen LogP contribution in [0, 0.1) is 13.8 Å². The molecule has 4 rings (SSSR count). The molecule has 2 aliphatic rings. The lowest BCUT2D eigenvalue weighted by Crippen LogP contribution is -2.42. The van der Waals surface area contributed by atoms with E-state index in [4.69, 9.17) is 9.15 Å². The van der Waals surface area contributed by atoms with Crippen LogP contribution in [0.5, 0.6) is 0 Å². The number of hydrogen-bond donors (Lipinski definition) is 1. The van der Waals surface area contributed by atoms with Crippen molar-refractivity contribution < 1.29 is 23.8 Å². The number of rotatable bonds is 5. The van der Waals surface area contributed by atoms with Gasteiger partial charge in [-0.1, -0.05) is 0 Å². The second-order valence-electron chi connectivity index (χ2n) is 7.38. The Hall–Kier alpha value is -3.04. The third kappa shape index (κ3) is 3.73. The van der Waals surface area contributed by atoms with E-state index in [0.717, 1.165) is 13.1 Å². The van der Waals surface area contributed by atoms with Crippen molar-refractivity contribution in [1.29, 1.82) is 0 Å². The van der Waals surface area contributed by atoms with Crippen molar-refractivity contribution >= 4 is 17.4 Å². The lowest BCUT2D eigenvalue weighted by atomic mass is 9.99. The van der Waals surface area contributed by atoms with Crippen molar-refractivity contribution in [3.05, 3.63) is 53.0 Å². The summed E-state index contributed by atoms with van der Waals surface area (Å²) >= 11 is 0. The number of Topliss-reactive ketones (excluding diaryl/α,β-unsaturated/α-hetero) is 1. The maximum Gasteiger partial charge on any atom is 0.295 e. The Morgan fingerprint density at radius 3 is 2.67 bits per heavy atom. The van der Waals surface area contributed by atoms with Crippen molar-refractivity contribution in [3.63, 3.8) is 0 Å². The summed E-state index contributed by atoms with van der Waals surface area (Å²) in [5, 5.41) is 11.0. The van der Waals surface area contributed by atoms with Gasteiger partial charge in [0.15, 0.2) is 0 Å². The molecule has 2 aromatic heterocycles. The van der Waals surface area contributed by atoms with Gasteiger partial charge < -0.3 is 19.2 Å². The van der Waals surface area contributed by atoms with E-state index in [1.807, 2.05) is 0 Å². The van der Waals surface area contributed by atoms with Gasteiger partial charge in [-0.3, -0.25) is 14.5 Å². The Kier molecular flexibility index (Phi) is 5.65. The van der Waals surface area contributed by atoms with Crippen LogP contribution in [0.3, 0.4) is 0 Å². The molecule has 2 aliphatic heterocycles. The molecule has 9 heteroatoms. The number of aliphatic hydroxyl groups excluding tert-OH is 1. The number of morpholine rings is 1. The van der Waals surface area contributed by atoms with Gasteiger partial charge in [-0.2, -0.15) is 0 Å². The van der Waals surface area contributed by atoms with E-state index in [1.54, 1.807) is 26.0 Å². The zero-order valence-electron chi connectivity index (χ0n) is 17.0. The van der Waals surface area contributed by atoms with Crippen molar-refractivity contribution in [1.82, 2.24) is 19.8 Å². The molecule has 2 fully saturated rings. The quantitative estimate of drug-likeness (QED) is 0.446. The third-order valence-electron chi connectivity index (χ3n) is 5.47. The lowest BCUT2D eigenvalue weighted by molar-refractivity contribution is -0.140. The average Bonchev–Trinajstić information content (AvgIpc) is 3.34. The summed E-state index contributed by atoms with van der Waals surface area (Å²) in [4.78, 5) is 37.9. The van der Waals surface area contributed by atoms with Crippen LogP contribution in [0.1, 0.15) is 28.9 Å². The van der Waals surface area contributed by atoms with Gasteiger partial charge in [0.05, 0.1) is 36.3 Å². The van der Waals surface area contributed by atoms with Crippen LogP contribution < -0.4 is 0 Å². The highest BCUT2D eigenvalue weighted by atomic mass is 16.5. The Morgan fingerprint density at radius 1 is 1.23 bits per heavy atom. The van der Waals surface area contributed by atoms with Crippen molar-refractivity contribution in [2.24, 2.45) is 0 Å². The largest absolute Gasteiger partial charge is 0.507 e. The summed E-state index contributed by atoms with van der Waals surface area (Å²) in [5.74, 6) is -0.713. The molecule has 0 bridgehead atoms. The Morgan fingerprint density at radius 2 is 2.00 bits per heavy atom. The number of furan rings is 1. The topological polar surface area (TPSA) is 109 Å². The summed E-state index contributed by atoms with van der Waals surface area (Å²) in [6, 6.07) is 2.59. The first kappa shape index (κ1) is 20.2. The molecule has 2 aromatic rings. The van der Waals surface area contributed by atoms with E-state index >= 15 is 0 Å². The van der Waals surface area contributed by atoms with Gasteiger partial charge >= 0.3 is 0 Å². The molecule has 0 spiro atoms. The van der Waals surface area contributed by atoms with Crippen LogP contribution in [0.25, 0.3) is 5.76 Å². The van der Waals surface area contributed by atoms with Crippen LogP contribution in [-0.2, 0) is 14.3 Å². The summed E-state index contributed by atoms with van der Waals surface area (Å²) in [7, 11) is 0. The predicted molar refractivity (Wildman–Crippen MR) is 106 cm³/mol. The number of carbonyl (C=O) groups is 2. The molecule has 30 heavy (non-hydrogen) atoms. The molecule has 1 amide bonds. The Labute approximate surface area is 174 Å². The predicted octanol–water partition coefficient (Wildman–Crippen LogP) is 1.44. The SMILES string of the molecule is Cc1ncc(C(O)=C2C(=O)C(=O)N(CCN3CCOCC3)[C@@H]2c2ccco2)c(C)n1. The highest BCUT2D eigenvalue weighted by Gasteiger charge is 2.47. The van der Waals surface area contributed by atoms with E-state index in [1.165, 1.54) is 17.4 Å². The molecular formula is C21H24N4O5. The highest BCUT2D eigenvalue weighted by Crippen LogP contribution is 2.39. The number of ketones is 1. The molecule has 1 atom stereocenters.